The van der Waals surface area contributed by atoms with Gasteiger partial charge in [0.2, 0.25) is 5.91 Å². The summed E-state index contributed by atoms with van der Waals surface area (Å²) in [5.41, 5.74) is 1.48. The molecule has 174 valence electrons. The van der Waals surface area contributed by atoms with Gasteiger partial charge < -0.3 is 15.5 Å². The highest BCUT2D eigenvalue weighted by Crippen LogP contribution is 2.31. The smallest absolute Gasteiger partial charge is 0.251 e. The van der Waals surface area contributed by atoms with E-state index >= 15 is 0 Å². The fourth-order valence-corrected chi connectivity index (χ4v) is 5.51. The number of carbonyl (C=O) groups is 4. The van der Waals surface area contributed by atoms with Crippen LogP contribution in [0.1, 0.15) is 44.0 Å². The molecule has 33 heavy (non-hydrogen) atoms. The normalized spacial score (nSPS) is 23.0. The Kier molecular flexibility index (Phi) is 6.76. The van der Waals surface area contributed by atoms with Crippen LogP contribution < -0.4 is 10.6 Å². The summed E-state index contributed by atoms with van der Waals surface area (Å²) in [7, 11) is 0. The van der Waals surface area contributed by atoms with Crippen molar-refractivity contribution in [1.29, 1.82) is 0 Å². The number of hydrogen-bond acceptors (Lipinski definition) is 6. The molecule has 0 radical (unpaired) electrons. The summed E-state index contributed by atoms with van der Waals surface area (Å²) in [6.45, 7) is 5.59. The second kappa shape index (κ2) is 9.57. The lowest BCUT2D eigenvalue weighted by atomic mass is 10.0. The number of thiophene rings is 1. The van der Waals surface area contributed by atoms with Crippen molar-refractivity contribution in [3.63, 3.8) is 0 Å². The topological polar surface area (TPSA) is 95.6 Å². The number of fused-ring (bicyclic) bond motifs is 1. The maximum Gasteiger partial charge on any atom is 0.251 e. The summed E-state index contributed by atoms with van der Waals surface area (Å²) in [6, 6.07) is 8.93. The van der Waals surface area contributed by atoms with Crippen LogP contribution in [-0.4, -0.2) is 59.0 Å². The van der Waals surface area contributed by atoms with E-state index in [0.717, 1.165) is 10.4 Å². The van der Waals surface area contributed by atoms with E-state index in [2.05, 4.69) is 10.6 Å². The van der Waals surface area contributed by atoms with Crippen molar-refractivity contribution in [2.75, 3.05) is 6.54 Å². The van der Waals surface area contributed by atoms with Gasteiger partial charge in [-0.15, -0.1) is 11.3 Å². The van der Waals surface area contributed by atoms with Crippen molar-refractivity contribution < 1.29 is 19.2 Å². The van der Waals surface area contributed by atoms with Crippen molar-refractivity contribution in [1.82, 2.24) is 15.5 Å². The quantitative estimate of drug-likeness (QED) is 0.653. The molecule has 2 saturated heterocycles. The number of nitrogens with zero attached hydrogens (tertiary/aromatic N) is 1. The molecular weight excluding hydrogens is 438 g/mol. The highest BCUT2D eigenvalue weighted by molar-refractivity contribution is 7.13. The van der Waals surface area contributed by atoms with Crippen LogP contribution in [0.5, 0.6) is 0 Å². The third kappa shape index (κ3) is 4.77. The molecule has 2 aromatic rings. The first kappa shape index (κ1) is 23.3. The van der Waals surface area contributed by atoms with Crippen LogP contribution in [0.3, 0.4) is 0 Å². The molecule has 3 heterocycles. The number of hydrogen-bond donors (Lipinski definition) is 2. The van der Waals surface area contributed by atoms with E-state index in [-0.39, 0.29) is 41.9 Å². The molecule has 2 amide bonds. The van der Waals surface area contributed by atoms with Gasteiger partial charge in [-0.05, 0) is 54.8 Å². The monoisotopic (exact) mass is 467 g/mol. The Bertz CT molecular complexity index is 1050. The van der Waals surface area contributed by atoms with Crippen molar-refractivity contribution in [2.45, 2.75) is 57.8 Å². The van der Waals surface area contributed by atoms with Crippen molar-refractivity contribution in [3.05, 3.63) is 47.3 Å². The minimum absolute atomic E-state index is 0.0871. The van der Waals surface area contributed by atoms with Gasteiger partial charge in [0.05, 0.1) is 12.6 Å². The largest absolute Gasteiger partial charge is 0.340 e. The molecule has 4 unspecified atom stereocenters. The molecule has 2 fully saturated rings. The van der Waals surface area contributed by atoms with Crippen LogP contribution in [0.4, 0.5) is 0 Å². The van der Waals surface area contributed by atoms with Crippen LogP contribution >= 0.6 is 11.3 Å². The number of amides is 2. The maximum absolute atomic E-state index is 13.6. The van der Waals surface area contributed by atoms with Gasteiger partial charge in [0.25, 0.3) is 5.91 Å². The number of carbonyl (C=O) groups excluding carboxylic acids is 4. The van der Waals surface area contributed by atoms with E-state index in [1.54, 1.807) is 23.5 Å². The van der Waals surface area contributed by atoms with Gasteiger partial charge in [-0.25, -0.2) is 0 Å². The van der Waals surface area contributed by atoms with Crippen molar-refractivity contribution in [2.24, 2.45) is 5.92 Å². The molecule has 4 rings (SSSR count). The summed E-state index contributed by atoms with van der Waals surface area (Å²) >= 11 is 1.63. The Balaban J connectivity index is 1.55. The van der Waals surface area contributed by atoms with Crippen molar-refractivity contribution >= 4 is 34.7 Å². The summed E-state index contributed by atoms with van der Waals surface area (Å²) in [5.74, 6) is -0.816. The molecule has 7 nitrogen and oxygen atoms in total. The van der Waals surface area contributed by atoms with Crippen LogP contribution in [-0.2, 0) is 14.4 Å². The molecule has 1 aromatic heterocycles. The van der Waals surface area contributed by atoms with Crippen molar-refractivity contribution in [3.8, 4) is 10.4 Å². The molecule has 2 aliphatic heterocycles. The minimum atomic E-state index is -0.816. The van der Waals surface area contributed by atoms with Gasteiger partial charge in [0.1, 0.15) is 12.1 Å². The fraction of sp³-hybridized carbons (Fsp3) is 0.440. The lowest BCUT2D eigenvalue weighted by molar-refractivity contribution is -0.143. The van der Waals surface area contributed by atoms with Crippen LogP contribution in [0.25, 0.3) is 10.4 Å². The molecule has 2 aliphatic rings. The zero-order valence-electron chi connectivity index (χ0n) is 19.0. The molecule has 4 atom stereocenters. The predicted molar refractivity (Wildman–Crippen MR) is 127 cm³/mol. The molecule has 8 heteroatoms. The number of nitrogens with one attached hydrogen (secondary N) is 2. The average Bonchev–Trinajstić information content (AvgIpc) is 3.51. The first-order valence-corrected chi connectivity index (χ1v) is 12.2. The first-order valence-electron chi connectivity index (χ1n) is 11.3. The molecule has 0 aliphatic carbocycles. The Morgan fingerprint density at radius 1 is 1.18 bits per heavy atom. The van der Waals surface area contributed by atoms with E-state index in [1.807, 2.05) is 43.5 Å². The zero-order valence-corrected chi connectivity index (χ0v) is 19.9. The minimum Gasteiger partial charge on any atom is -0.340 e. The summed E-state index contributed by atoms with van der Waals surface area (Å²) in [6.07, 6.45) is 0.835. The van der Waals surface area contributed by atoms with Gasteiger partial charge in [0, 0.05) is 16.5 Å². The van der Waals surface area contributed by atoms with E-state index < -0.39 is 18.1 Å². The molecule has 0 saturated carbocycles. The zero-order chi connectivity index (χ0) is 23.7. The van der Waals surface area contributed by atoms with Crippen LogP contribution in [0, 0.1) is 5.92 Å². The van der Waals surface area contributed by atoms with Gasteiger partial charge in [-0.2, -0.15) is 0 Å². The van der Waals surface area contributed by atoms with E-state index in [0.29, 0.717) is 18.4 Å². The molecular formula is C25H29N3O4S. The highest BCUT2D eigenvalue weighted by Gasteiger charge is 2.52. The number of benzene rings is 1. The number of likely N-dealkylation sites (tertiary alicyclic amines) is 1. The Labute approximate surface area is 197 Å². The second-order valence-electron chi connectivity index (χ2n) is 9.22. The predicted octanol–water partition coefficient (Wildman–Crippen LogP) is 2.66. The van der Waals surface area contributed by atoms with Crippen LogP contribution in [0.2, 0.25) is 0 Å². The molecule has 0 spiro atoms. The van der Waals surface area contributed by atoms with Crippen LogP contribution in [0.15, 0.2) is 41.8 Å². The molecule has 1 aromatic carbocycles. The lowest BCUT2D eigenvalue weighted by Crippen LogP contribution is -2.56. The number of rotatable bonds is 7. The molecule has 2 N–H and O–H groups in total. The fourth-order valence-electron chi connectivity index (χ4n) is 4.78. The molecule has 0 bridgehead atoms. The summed E-state index contributed by atoms with van der Waals surface area (Å²) in [5, 5.41) is 8.00. The highest BCUT2D eigenvalue weighted by atomic mass is 32.1. The van der Waals surface area contributed by atoms with E-state index in [4.69, 9.17) is 0 Å². The maximum atomic E-state index is 13.6. The van der Waals surface area contributed by atoms with E-state index in [1.165, 1.54) is 11.8 Å². The van der Waals surface area contributed by atoms with Gasteiger partial charge in [0.15, 0.2) is 11.6 Å². The number of ketones is 2. The SMILES string of the molecule is CC(=O)C1CC2NCC(=O)C2N1C(=O)C(CC(C)C)NC(=O)c1ccc(-c2cccs2)cc1. The third-order valence-corrected chi connectivity index (χ3v) is 7.27. The first-order chi connectivity index (χ1) is 15.8. The summed E-state index contributed by atoms with van der Waals surface area (Å²) in [4.78, 5) is 54.0. The Hall–Kier alpha value is -2.84. The van der Waals surface area contributed by atoms with Gasteiger partial charge >= 0.3 is 0 Å². The van der Waals surface area contributed by atoms with E-state index in [9.17, 15) is 19.2 Å². The van der Waals surface area contributed by atoms with Gasteiger partial charge in [-0.1, -0.05) is 32.0 Å². The lowest BCUT2D eigenvalue weighted by Gasteiger charge is -2.32. The average molecular weight is 468 g/mol. The second-order valence-corrected chi connectivity index (χ2v) is 10.2. The third-order valence-electron chi connectivity index (χ3n) is 6.35. The summed E-state index contributed by atoms with van der Waals surface area (Å²) < 4.78 is 0. The van der Waals surface area contributed by atoms with Gasteiger partial charge in [-0.3, -0.25) is 19.2 Å². The Morgan fingerprint density at radius 2 is 1.91 bits per heavy atom. The Morgan fingerprint density at radius 3 is 2.52 bits per heavy atom. The standard InChI is InChI=1S/C25H29N3O4S/c1-14(2)11-19(25(32)28-20(15(3)29)12-18-23(28)21(30)13-26-18)27-24(31)17-8-6-16(7-9-17)22-5-4-10-33-22/h4-10,14,18-20,23,26H,11-13H2,1-3H3,(H,27,31). The number of Topliss-reactive ketones (excluding diaryl/α,β-unsaturated/α-hetero) is 2.